The molecule has 0 aliphatic rings. The summed E-state index contributed by atoms with van der Waals surface area (Å²) in [6.07, 6.45) is 0. The largest absolute Gasteiger partial charge is 0.369 e. The highest BCUT2D eigenvalue weighted by Crippen LogP contribution is 2.20. The lowest BCUT2D eigenvalue weighted by atomic mass is 10.3. The maximum Gasteiger partial charge on any atom is 0.276 e. The van der Waals surface area contributed by atoms with Crippen LogP contribution in [0.1, 0.15) is 17.4 Å². The molecule has 5 nitrogen and oxygen atoms in total. The Kier molecular flexibility index (Phi) is 4.30. The molecule has 1 aromatic carbocycles. The van der Waals surface area contributed by atoms with Crippen molar-refractivity contribution in [2.75, 3.05) is 17.2 Å². The van der Waals surface area contributed by atoms with E-state index in [0.717, 1.165) is 6.54 Å². The smallest absolute Gasteiger partial charge is 0.276 e. The number of rotatable bonds is 4. The third kappa shape index (κ3) is 3.42. The summed E-state index contributed by atoms with van der Waals surface area (Å²) in [5.41, 5.74) is 0.785. The summed E-state index contributed by atoms with van der Waals surface area (Å²) >= 11 is 5.96. The molecule has 0 radical (unpaired) electrons. The fourth-order valence-electron chi connectivity index (χ4n) is 1.48. The van der Waals surface area contributed by atoms with Crippen LogP contribution in [-0.4, -0.2) is 22.6 Å². The Hall–Kier alpha value is -2.14. The monoisotopic (exact) mass is 276 g/mol. The van der Waals surface area contributed by atoms with E-state index in [4.69, 9.17) is 11.6 Å². The normalized spacial score (nSPS) is 10.0. The number of hydrogen-bond acceptors (Lipinski definition) is 4. The molecule has 0 saturated heterocycles. The summed E-state index contributed by atoms with van der Waals surface area (Å²) in [5.74, 6) is 0.292. The van der Waals surface area contributed by atoms with Crippen molar-refractivity contribution in [1.82, 2.24) is 10.2 Å². The number of para-hydroxylation sites is 1. The highest BCUT2D eigenvalue weighted by atomic mass is 35.5. The predicted molar refractivity (Wildman–Crippen MR) is 75.6 cm³/mol. The minimum atomic E-state index is -0.344. The average molecular weight is 277 g/mol. The number of carbonyl (C=O) groups is 1. The van der Waals surface area contributed by atoms with E-state index in [1.54, 1.807) is 36.4 Å². The summed E-state index contributed by atoms with van der Waals surface area (Å²) < 4.78 is 0. The van der Waals surface area contributed by atoms with Gasteiger partial charge in [-0.25, -0.2) is 0 Å². The zero-order chi connectivity index (χ0) is 13.7. The molecule has 0 spiro atoms. The van der Waals surface area contributed by atoms with E-state index in [1.807, 2.05) is 6.92 Å². The summed E-state index contributed by atoms with van der Waals surface area (Å²) in [6.45, 7) is 2.71. The Bertz CT molecular complexity index is 571. The molecular weight excluding hydrogens is 264 g/mol. The molecule has 0 aliphatic heterocycles. The van der Waals surface area contributed by atoms with E-state index >= 15 is 0 Å². The minimum absolute atomic E-state index is 0.238. The van der Waals surface area contributed by atoms with E-state index in [-0.39, 0.29) is 11.6 Å². The van der Waals surface area contributed by atoms with E-state index < -0.39 is 0 Å². The fourth-order valence-corrected chi connectivity index (χ4v) is 1.66. The van der Waals surface area contributed by atoms with Crippen LogP contribution in [0.2, 0.25) is 5.02 Å². The van der Waals surface area contributed by atoms with Crippen molar-refractivity contribution >= 4 is 29.0 Å². The first kappa shape index (κ1) is 13.3. The molecule has 1 heterocycles. The molecule has 1 aromatic heterocycles. The fraction of sp³-hybridized carbons (Fsp3) is 0.154. The number of carbonyl (C=O) groups excluding carboxylic acids is 1. The molecule has 0 unspecified atom stereocenters. The van der Waals surface area contributed by atoms with Gasteiger partial charge in [0.1, 0.15) is 5.82 Å². The number of nitrogens with one attached hydrogen (secondary N) is 2. The molecular formula is C13H13ClN4O. The molecule has 0 saturated carbocycles. The lowest BCUT2D eigenvalue weighted by Gasteiger charge is -2.06. The first-order valence-electron chi connectivity index (χ1n) is 5.84. The van der Waals surface area contributed by atoms with Crippen molar-refractivity contribution in [1.29, 1.82) is 0 Å². The quantitative estimate of drug-likeness (QED) is 0.901. The van der Waals surface area contributed by atoms with Gasteiger partial charge < -0.3 is 10.6 Å². The minimum Gasteiger partial charge on any atom is -0.369 e. The van der Waals surface area contributed by atoms with Gasteiger partial charge in [0.05, 0.1) is 10.7 Å². The Labute approximate surface area is 116 Å². The topological polar surface area (TPSA) is 66.9 Å². The van der Waals surface area contributed by atoms with Gasteiger partial charge in [0.25, 0.3) is 5.91 Å². The number of nitrogens with zero attached hydrogens (tertiary/aromatic N) is 2. The summed E-state index contributed by atoms with van der Waals surface area (Å²) in [7, 11) is 0. The van der Waals surface area contributed by atoms with Crippen LogP contribution in [0.25, 0.3) is 0 Å². The third-order valence-corrected chi connectivity index (χ3v) is 2.71. The highest BCUT2D eigenvalue weighted by molar-refractivity contribution is 6.33. The molecule has 19 heavy (non-hydrogen) atoms. The van der Waals surface area contributed by atoms with Gasteiger partial charge in [0.15, 0.2) is 5.69 Å². The maximum absolute atomic E-state index is 11.9. The predicted octanol–water partition coefficient (Wildman–Crippen LogP) is 2.81. The van der Waals surface area contributed by atoms with Gasteiger partial charge in [-0.15, -0.1) is 10.2 Å². The van der Waals surface area contributed by atoms with Crippen molar-refractivity contribution in [2.45, 2.75) is 6.92 Å². The number of benzene rings is 1. The Morgan fingerprint density at radius 3 is 2.63 bits per heavy atom. The van der Waals surface area contributed by atoms with Crippen LogP contribution in [0.15, 0.2) is 36.4 Å². The van der Waals surface area contributed by atoms with E-state index in [0.29, 0.717) is 16.5 Å². The number of anilines is 2. The van der Waals surface area contributed by atoms with Crippen LogP contribution in [0.3, 0.4) is 0 Å². The Morgan fingerprint density at radius 2 is 2.00 bits per heavy atom. The van der Waals surface area contributed by atoms with E-state index in [9.17, 15) is 4.79 Å². The van der Waals surface area contributed by atoms with Crippen LogP contribution in [-0.2, 0) is 0 Å². The molecule has 0 aliphatic carbocycles. The number of amides is 1. The second kappa shape index (κ2) is 6.15. The van der Waals surface area contributed by atoms with Crippen molar-refractivity contribution in [3.63, 3.8) is 0 Å². The van der Waals surface area contributed by atoms with E-state index in [1.165, 1.54) is 0 Å². The van der Waals surface area contributed by atoms with Crippen molar-refractivity contribution < 1.29 is 4.79 Å². The van der Waals surface area contributed by atoms with E-state index in [2.05, 4.69) is 20.8 Å². The first-order valence-corrected chi connectivity index (χ1v) is 6.22. The van der Waals surface area contributed by atoms with Crippen LogP contribution in [0, 0.1) is 0 Å². The molecule has 2 rings (SSSR count). The van der Waals surface area contributed by atoms with Crippen LogP contribution in [0.4, 0.5) is 11.5 Å². The first-order chi connectivity index (χ1) is 9.20. The van der Waals surface area contributed by atoms with Gasteiger partial charge in [0, 0.05) is 6.54 Å². The maximum atomic E-state index is 11.9. The summed E-state index contributed by atoms with van der Waals surface area (Å²) in [4.78, 5) is 11.9. The molecule has 2 N–H and O–H groups in total. The van der Waals surface area contributed by atoms with Gasteiger partial charge in [0.2, 0.25) is 0 Å². The second-order valence-corrected chi connectivity index (χ2v) is 4.18. The van der Waals surface area contributed by atoms with Gasteiger partial charge in [-0.3, -0.25) is 4.79 Å². The van der Waals surface area contributed by atoms with Gasteiger partial charge >= 0.3 is 0 Å². The van der Waals surface area contributed by atoms with Crippen molar-refractivity contribution in [3.8, 4) is 0 Å². The third-order valence-electron chi connectivity index (χ3n) is 2.38. The lowest BCUT2D eigenvalue weighted by molar-refractivity contribution is 0.102. The molecule has 2 aromatic rings. The number of aromatic nitrogens is 2. The summed E-state index contributed by atoms with van der Waals surface area (Å²) in [6, 6.07) is 10.3. The Balaban J connectivity index is 2.10. The van der Waals surface area contributed by atoms with Crippen LogP contribution >= 0.6 is 11.6 Å². The van der Waals surface area contributed by atoms with Gasteiger partial charge in [-0.2, -0.15) is 0 Å². The zero-order valence-corrected chi connectivity index (χ0v) is 11.1. The average Bonchev–Trinajstić information content (AvgIpc) is 2.42. The lowest BCUT2D eigenvalue weighted by Crippen LogP contribution is -2.15. The standard InChI is InChI=1S/C13H13ClN4O/c1-2-15-12-8-7-11(17-18-12)13(19)16-10-6-4-3-5-9(10)14/h3-8H,2H2,1H3,(H,15,18)(H,16,19). The van der Waals surface area contributed by atoms with Gasteiger partial charge in [-0.05, 0) is 31.2 Å². The summed E-state index contributed by atoms with van der Waals surface area (Å²) in [5, 5.41) is 13.9. The van der Waals surface area contributed by atoms with Crippen LogP contribution in [0.5, 0.6) is 0 Å². The van der Waals surface area contributed by atoms with Gasteiger partial charge in [-0.1, -0.05) is 23.7 Å². The molecule has 6 heteroatoms. The van der Waals surface area contributed by atoms with Crippen LogP contribution < -0.4 is 10.6 Å². The molecule has 0 fully saturated rings. The second-order valence-electron chi connectivity index (χ2n) is 3.77. The zero-order valence-electron chi connectivity index (χ0n) is 10.4. The molecule has 0 bridgehead atoms. The Morgan fingerprint density at radius 1 is 1.21 bits per heavy atom. The highest BCUT2D eigenvalue weighted by Gasteiger charge is 2.10. The molecule has 98 valence electrons. The number of halogens is 1. The SMILES string of the molecule is CCNc1ccc(C(=O)Nc2ccccc2Cl)nn1. The van der Waals surface area contributed by atoms with Crippen molar-refractivity contribution in [2.24, 2.45) is 0 Å². The molecule has 0 atom stereocenters. The van der Waals surface area contributed by atoms with Crippen molar-refractivity contribution in [3.05, 3.63) is 47.1 Å². The molecule has 1 amide bonds. The number of hydrogen-bond donors (Lipinski definition) is 2.